The molecular formula is C23H26FN5O2. The Morgan fingerprint density at radius 1 is 1.19 bits per heavy atom. The van der Waals surface area contributed by atoms with E-state index in [1.54, 1.807) is 29.7 Å². The molecule has 0 bridgehead atoms. The molecule has 1 saturated heterocycles. The molecule has 0 radical (unpaired) electrons. The molecule has 2 aliphatic rings. The van der Waals surface area contributed by atoms with Gasteiger partial charge in [0.05, 0.1) is 16.6 Å². The van der Waals surface area contributed by atoms with Crippen molar-refractivity contribution in [2.24, 2.45) is 11.7 Å². The number of hydrogen-bond donors (Lipinski definition) is 2. The minimum atomic E-state index is -0.402. The van der Waals surface area contributed by atoms with Gasteiger partial charge < -0.3 is 10.6 Å². The molecule has 162 valence electrons. The second kappa shape index (κ2) is 7.30. The van der Waals surface area contributed by atoms with Crippen molar-refractivity contribution in [3.63, 3.8) is 0 Å². The highest BCUT2D eigenvalue weighted by molar-refractivity contribution is 5.87. The van der Waals surface area contributed by atoms with Crippen LogP contribution < -0.4 is 21.9 Å². The number of nitrogens with zero attached hydrogens (tertiary/aromatic N) is 3. The lowest BCUT2D eigenvalue weighted by molar-refractivity contribution is 0.454. The van der Waals surface area contributed by atoms with Crippen molar-refractivity contribution in [2.75, 3.05) is 18.0 Å². The molecule has 2 unspecified atom stereocenters. The van der Waals surface area contributed by atoms with Crippen LogP contribution in [0.15, 0.2) is 33.9 Å². The highest BCUT2D eigenvalue weighted by atomic mass is 19.1. The van der Waals surface area contributed by atoms with Crippen LogP contribution >= 0.6 is 0 Å². The van der Waals surface area contributed by atoms with Gasteiger partial charge in [-0.25, -0.2) is 14.2 Å². The van der Waals surface area contributed by atoms with Crippen LogP contribution in [-0.2, 0) is 0 Å². The molecule has 1 aromatic carbocycles. The Kier molecular flexibility index (Phi) is 4.69. The summed E-state index contributed by atoms with van der Waals surface area (Å²) in [5.74, 6) is 0.573. The van der Waals surface area contributed by atoms with E-state index in [2.05, 4.69) is 9.88 Å². The number of benzene rings is 1. The fourth-order valence-electron chi connectivity index (χ4n) is 4.92. The topological polar surface area (TPSA) is 97.0 Å². The summed E-state index contributed by atoms with van der Waals surface area (Å²) in [7, 11) is 0. The maximum absolute atomic E-state index is 14.2. The van der Waals surface area contributed by atoms with Crippen LogP contribution in [0, 0.1) is 25.6 Å². The Bertz CT molecular complexity index is 1290. The first-order chi connectivity index (χ1) is 14.9. The predicted octanol–water partition coefficient (Wildman–Crippen LogP) is 2.70. The minimum absolute atomic E-state index is 0.0823. The minimum Gasteiger partial charge on any atom is -0.356 e. The number of aromatic amines is 1. The molecule has 31 heavy (non-hydrogen) atoms. The molecule has 1 aliphatic heterocycles. The van der Waals surface area contributed by atoms with E-state index in [-0.39, 0.29) is 23.5 Å². The molecule has 3 aromatic rings. The van der Waals surface area contributed by atoms with E-state index in [0.717, 1.165) is 37.2 Å². The number of fused-ring (bicyclic) bond motifs is 1. The average Bonchev–Trinajstić information content (AvgIpc) is 3.45. The third kappa shape index (κ3) is 3.26. The van der Waals surface area contributed by atoms with Crippen LogP contribution in [0.5, 0.6) is 0 Å². The van der Waals surface area contributed by atoms with Crippen molar-refractivity contribution in [3.05, 3.63) is 67.7 Å². The Balaban J connectivity index is 1.55. The number of aromatic nitrogens is 3. The molecule has 3 heterocycles. The van der Waals surface area contributed by atoms with Crippen molar-refractivity contribution >= 4 is 16.7 Å². The molecule has 0 spiro atoms. The first kappa shape index (κ1) is 19.9. The summed E-state index contributed by atoms with van der Waals surface area (Å²) in [5, 5.41) is 0.478. The molecular weight excluding hydrogens is 397 g/mol. The lowest BCUT2D eigenvalue weighted by atomic mass is 9.93. The van der Waals surface area contributed by atoms with Crippen molar-refractivity contribution in [1.82, 2.24) is 14.5 Å². The molecule has 3 N–H and O–H groups in total. The monoisotopic (exact) mass is 423 g/mol. The molecule has 5 rings (SSSR count). The maximum atomic E-state index is 14.2. The number of nitrogens with one attached hydrogen (secondary N) is 1. The number of aryl methyl sites for hydroxylation is 2. The molecule has 2 aromatic heterocycles. The fraction of sp³-hybridized carbons (Fsp3) is 0.435. The highest BCUT2D eigenvalue weighted by Gasteiger charge is 2.33. The van der Waals surface area contributed by atoms with Gasteiger partial charge in [0, 0.05) is 36.3 Å². The summed E-state index contributed by atoms with van der Waals surface area (Å²) in [6, 6.07) is 6.38. The first-order valence-corrected chi connectivity index (χ1v) is 10.8. The van der Waals surface area contributed by atoms with Crippen molar-refractivity contribution in [2.45, 2.75) is 45.2 Å². The van der Waals surface area contributed by atoms with E-state index in [1.807, 2.05) is 6.92 Å². The van der Waals surface area contributed by atoms with Crippen LogP contribution in [0.3, 0.4) is 0 Å². The first-order valence-electron chi connectivity index (χ1n) is 10.8. The Hall–Kier alpha value is -3.00. The summed E-state index contributed by atoms with van der Waals surface area (Å²) in [6.07, 6.45) is 2.68. The predicted molar refractivity (Wildman–Crippen MR) is 118 cm³/mol. The zero-order valence-electron chi connectivity index (χ0n) is 17.7. The second-order valence-corrected chi connectivity index (χ2v) is 8.77. The Morgan fingerprint density at radius 2 is 1.94 bits per heavy atom. The molecule has 7 nitrogen and oxygen atoms in total. The van der Waals surface area contributed by atoms with E-state index in [0.29, 0.717) is 28.7 Å². The van der Waals surface area contributed by atoms with Gasteiger partial charge in [-0.05, 0) is 45.1 Å². The van der Waals surface area contributed by atoms with Gasteiger partial charge in [0.15, 0.2) is 0 Å². The summed E-state index contributed by atoms with van der Waals surface area (Å²) >= 11 is 0. The number of pyridine rings is 1. The van der Waals surface area contributed by atoms with E-state index >= 15 is 0 Å². The molecule has 2 fully saturated rings. The van der Waals surface area contributed by atoms with E-state index < -0.39 is 11.6 Å². The number of anilines is 1. The van der Waals surface area contributed by atoms with Gasteiger partial charge in [-0.2, -0.15) is 0 Å². The van der Waals surface area contributed by atoms with Gasteiger partial charge in [0.25, 0.3) is 5.56 Å². The summed E-state index contributed by atoms with van der Waals surface area (Å²) in [6.45, 7) is 5.11. The van der Waals surface area contributed by atoms with Gasteiger partial charge in [-0.1, -0.05) is 18.2 Å². The number of rotatable bonds is 4. The van der Waals surface area contributed by atoms with Gasteiger partial charge in [0.1, 0.15) is 11.6 Å². The zero-order valence-corrected chi connectivity index (χ0v) is 17.7. The quantitative estimate of drug-likeness (QED) is 0.673. The van der Waals surface area contributed by atoms with Crippen molar-refractivity contribution in [3.8, 4) is 0 Å². The van der Waals surface area contributed by atoms with E-state index in [9.17, 15) is 14.0 Å². The van der Waals surface area contributed by atoms with Crippen molar-refractivity contribution < 1.29 is 4.39 Å². The Morgan fingerprint density at radius 3 is 2.65 bits per heavy atom. The zero-order chi connectivity index (χ0) is 21.9. The van der Waals surface area contributed by atoms with E-state index in [1.165, 1.54) is 6.07 Å². The van der Waals surface area contributed by atoms with Gasteiger partial charge in [0.2, 0.25) is 0 Å². The van der Waals surface area contributed by atoms with Gasteiger partial charge >= 0.3 is 5.69 Å². The molecule has 1 saturated carbocycles. The fourth-order valence-corrected chi connectivity index (χ4v) is 4.92. The molecule has 1 aliphatic carbocycles. The summed E-state index contributed by atoms with van der Waals surface area (Å²) < 4.78 is 16.0. The molecule has 2 atom stereocenters. The number of H-pyrrole nitrogens is 1. The number of nitrogens with two attached hydrogens (primary N) is 1. The molecule has 0 amide bonds. The lowest BCUT2D eigenvalue weighted by Crippen LogP contribution is -2.32. The summed E-state index contributed by atoms with van der Waals surface area (Å²) in [4.78, 5) is 34.5. The van der Waals surface area contributed by atoms with E-state index in [4.69, 9.17) is 10.7 Å². The van der Waals surface area contributed by atoms with Crippen molar-refractivity contribution in [1.29, 1.82) is 0 Å². The number of hydrogen-bond acceptors (Lipinski definition) is 5. The van der Waals surface area contributed by atoms with Crippen LogP contribution in [-0.4, -0.2) is 27.6 Å². The smallest absolute Gasteiger partial charge is 0.329 e. The maximum Gasteiger partial charge on any atom is 0.329 e. The van der Waals surface area contributed by atoms with Crippen LogP contribution in [0.2, 0.25) is 0 Å². The SMILES string of the molecule is Cc1nc(N2CCC(C(N)c3ccccc3F)C2)c(C)c2c1c(=O)[nH]c(=O)n2C1CC1. The largest absolute Gasteiger partial charge is 0.356 e. The van der Waals surface area contributed by atoms with Gasteiger partial charge in [-0.3, -0.25) is 14.3 Å². The lowest BCUT2D eigenvalue weighted by Gasteiger charge is -2.24. The normalized spacial score (nSPS) is 19.9. The third-order valence-corrected chi connectivity index (χ3v) is 6.68. The van der Waals surface area contributed by atoms with Crippen LogP contribution in [0.1, 0.15) is 48.2 Å². The summed E-state index contributed by atoms with van der Waals surface area (Å²) in [5.41, 5.74) is 8.33. The van der Waals surface area contributed by atoms with Gasteiger partial charge in [-0.15, -0.1) is 0 Å². The third-order valence-electron chi connectivity index (χ3n) is 6.68. The molecule has 8 heteroatoms. The highest BCUT2D eigenvalue weighted by Crippen LogP contribution is 2.39. The van der Waals surface area contributed by atoms with Crippen LogP contribution in [0.4, 0.5) is 10.2 Å². The Labute approximate surface area is 178 Å². The number of halogens is 1. The second-order valence-electron chi connectivity index (χ2n) is 8.77. The average molecular weight is 423 g/mol. The standard InChI is InChI=1S/C23H26FN5O2/c1-12-20-18(22(30)27-23(31)29(20)15-7-8-15)13(2)26-21(12)28-10-9-14(11-28)19(25)16-5-3-4-6-17(16)24/h3-6,14-15,19H,7-11,25H2,1-2H3,(H,27,30,31). The van der Waals surface area contributed by atoms with Crippen LogP contribution in [0.25, 0.3) is 10.9 Å².